The minimum Gasteiger partial charge on any atom is -0.595 e. The van der Waals surface area contributed by atoms with Crippen LogP contribution in [0.15, 0.2) is 47.5 Å². The largest absolute Gasteiger partial charge is 0.595 e. The van der Waals surface area contributed by atoms with Gasteiger partial charge in [-0.15, -0.1) is 11.8 Å². The monoisotopic (exact) mass is 398 g/mol. The van der Waals surface area contributed by atoms with Crippen molar-refractivity contribution in [2.45, 2.75) is 24.0 Å². The first kappa shape index (κ1) is 18.7. The van der Waals surface area contributed by atoms with E-state index in [9.17, 15) is 14.8 Å². The van der Waals surface area contributed by atoms with Crippen LogP contribution in [-0.2, 0) is 4.74 Å². The van der Waals surface area contributed by atoms with Crippen LogP contribution in [0.1, 0.15) is 44.1 Å². The van der Waals surface area contributed by atoms with E-state index < -0.39 is 16.4 Å². The van der Waals surface area contributed by atoms with Crippen LogP contribution in [0, 0.1) is 12.1 Å². The maximum absolute atomic E-state index is 13.2. The van der Waals surface area contributed by atoms with Gasteiger partial charge < -0.3 is 14.3 Å². The van der Waals surface area contributed by atoms with Gasteiger partial charge in [-0.2, -0.15) is 5.23 Å². The first-order valence-corrected chi connectivity index (χ1v) is 9.66. The first-order chi connectivity index (χ1) is 13.4. The lowest BCUT2D eigenvalue weighted by atomic mass is 10.1. The molecule has 2 aromatic heterocycles. The second-order valence-corrected chi connectivity index (χ2v) is 7.64. The van der Waals surface area contributed by atoms with Crippen LogP contribution in [-0.4, -0.2) is 28.0 Å². The van der Waals surface area contributed by atoms with E-state index in [1.165, 1.54) is 23.9 Å². The summed E-state index contributed by atoms with van der Waals surface area (Å²) in [5, 5.41) is 18.6. The standard InChI is InChI=1S/C20H18N2O5S/c1-3-27-20(24)15-14-10-11(2)8-9-21(14)16-17(23)18(28-19(15)16)12-4-6-13(7-5-12)22(25)26/h4-10,18,22,25H,3H2,1-2H3. The summed E-state index contributed by atoms with van der Waals surface area (Å²) < 4.78 is 6.98. The molecule has 0 fully saturated rings. The van der Waals surface area contributed by atoms with Crippen LogP contribution in [0.25, 0.3) is 5.52 Å². The topological polar surface area (TPSA) is 95.5 Å². The molecule has 0 spiro atoms. The molecule has 144 valence electrons. The summed E-state index contributed by atoms with van der Waals surface area (Å²) in [6, 6.07) is 10.0. The molecule has 7 nitrogen and oxygen atoms in total. The van der Waals surface area contributed by atoms with Crippen molar-refractivity contribution in [3.63, 3.8) is 0 Å². The number of nitrogens with one attached hydrogen (secondary N) is 1. The van der Waals surface area contributed by atoms with E-state index in [4.69, 9.17) is 9.94 Å². The van der Waals surface area contributed by atoms with Gasteiger partial charge in [0.1, 0.15) is 5.69 Å². The molecule has 0 radical (unpaired) electrons. The third kappa shape index (κ3) is 2.91. The Balaban J connectivity index is 1.82. The van der Waals surface area contributed by atoms with E-state index in [2.05, 4.69) is 0 Å². The van der Waals surface area contributed by atoms with Crippen LogP contribution in [0.3, 0.4) is 0 Å². The number of esters is 1. The number of thioether (sulfide) groups is 1. The highest BCUT2D eigenvalue weighted by atomic mass is 32.2. The van der Waals surface area contributed by atoms with Crippen LogP contribution in [0.5, 0.6) is 0 Å². The number of carbonyl (C=O) groups excluding carboxylic acids is 2. The van der Waals surface area contributed by atoms with E-state index in [-0.39, 0.29) is 18.1 Å². The number of hydrogen-bond donors (Lipinski definition) is 2. The lowest BCUT2D eigenvalue weighted by Gasteiger charge is -2.14. The second kappa shape index (κ2) is 7.06. The third-order valence-electron chi connectivity index (χ3n) is 4.70. The van der Waals surface area contributed by atoms with Gasteiger partial charge in [-0.1, -0.05) is 12.1 Å². The lowest BCUT2D eigenvalue weighted by Crippen LogP contribution is -2.99. The van der Waals surface area contributed by atoms with Crippen LogP contribution >= 0.6 is 11.8 Å². The molecular formula is C20H18N2O5S. The van der Waals surface area contributed by atoms with Crippen molar-refractivity contribution in [2.24, 2.45) is 0 Å². The molecule has 3 heterocycles. The maximum atomic E-state index is 13.2. The van der Waals surface area contributed by atoms with E-state index >= 15 is 0 Å². The molecule has 8 heteroatoms. The Morgan fingerprint density at radius 1 is 1.32 bits per heavy atom. The van der Waals surface area contributed by atoms with E-state index in [0.717, 1.165) is 5.56 Å². The van der Waals surface area contributed by atoms with Gasteiger partial charge in [-0.05, 0) is 37.1 Å². The van der Waals surface area contributed by atoms with Crippen molar-refractivity contribution < 1.29 is 24.8 Å². The Bertz CT molecular complexity index is 1090. The highest BCUT2D eigenvalue weighted by Gasteiger charge is 2.40. The van der Waals surface area contributed by atoms with Gasteiger partial charge >= 0.3 is 5.97 Å². The molecule has 0 amide bonds. The highest BCUT2D eigenvalue weighted by molar-refractivity contribution is 8.01. The van der Waals surface area contributed by atoms with Gasteiger partial charge in [-0.3, -0.25) is 4.79 Å². The molecular weight excluding hydrogens is 380 g/mol. The summed E-state index contributed by atoms with van der Waals surface area (Å²) in [7, 11) is 0. The molecule has 28 heavy (non-hydrogen) atoms. The van der Waals surface area contributed by atoms with Crippen molar-refractivity contribution in [3.05, 3.63) is 70.2 Å². The van der Waals surface area contributed by atoms with Crippen molar-refractivity contribution in [2.75, 3.05) is 6.61 Å². The Labute approximate surface area is 165 Å². The quantitative estimate of drug-likeness (QED) is 0.518. The van der Waals surface area contributed by atoms with E-state index in [1.807, 2.05) is 19.1 Å². The van der Waals surface area contributed by atoms with Crippen molar-refractivity contribution in [3.8, 4) is 0 Å². The molecule has 0 aliphatic carbocycles. The summed E-state index contributed by atoms with van der Waals surface area (Å²) in [4.78, 5) is 26.4. The molecule has 1 aromatic carbocycles. The number of pyridine rings is 1. The summed E-state index contributed by atoms with van der Waals surface area (Å²) in [5.41, 5.74) is 3.37. The van der Waals surface area contributed by atoms with Crippen molar-refractivity contribution >= 4 is 34.7 Å². The number of benzene rings is 1. The van der Waals surface area contributed by atoms with Gasteiger partial charge in [-0.25, -0.2) is 10.0 Å². The summed E-state index contributed by atoms with van der Waals surface area (Å²) in [5.74, 6) is -0.563. The van der Waals surface area contributed by atoms with Crippen molar-refractivity contribution in [1.82, 2.24) is 4.40 Å². The molecule has 2 unspecified atom stereocenters. The Hall–Kier alpha value is -2.65. The Kier molecular flexibility index (Phi) is 4.72. The number of quaternary nitrogens is 1. The molecule has 1 aliphatic rings. The number of ether oxygens (including phenoxy) is 1. The molecule has 2 N–H and O–H groups in total. The fraction of sp³-hybridized carbons (Fsp3) is 0.200. The molecule has 4 rings (SSSR count). The number of aryl methyl sites for hydroxylation is 1. The van der Waals surface area contributed by atoms with Crippen LogP contribution in [0.4, 0.5) is 5.69 Å². The minimum absolute atomic E-state index is 0.113. The fourth-order valence-corrected chi connectivity index (χ4v) is 4.76. The average molecular weight is 398 g/mol. The third-order valence-corrected chi connectivity index (χ3v) is 6.05. The predicted octanol–water partition coefficient (Wildman–Crippen LogP) is 2.86. The lowest BCUT2D eigenvalue weighted by molar-refractivity contribution is -0.991. The maximum Gasteiger partial charge on any atom is 0.341 e. The van der Waals surface area contributed by atoms with Gasteiger partial charge in [0.25, 0.3) is 0 Å². The zero-order chi connectivity index (χ0) is 20.0. The summed E-state index contributed by atoms with van der Waals surface area (Å²) in [6.07, 6.45) is 1.79. The molecule has 0 saturated heterocycles. The van der Waals surface area contributed by atoms with Gasteiger partial charge in [0.05, 0.1) is 27.8 Å². The number of hydrogen-bond acceptors (Lipinski definition) is 6. The van der Waals surface area contributed by atoms with Crippen LogP contribution < -0.4 is 5.23 Å². The number of nitrogens with zero attached hydrogens (tertiary/aromatic N) is 1. The van der Waals surface area contributed by atoms with Crippen LogP contribution in [0.2, 0.25) is 0 Å². The molecule has 1 aliphatic heterocycles. The number of Topliss-reactive ketones (excluding diaryl/α,β-unsaturated/α-hetero) is 1. The smallest absolute Gasteiger partial charge is 0.341 e. The molecule has 0 saturated carbocycles. The SMILES string of the molecule is CCOC(=O)c1c2c(n3ccc(C)cc13)C(=O)C(c1ccc([NH+]([O-])O)cc1)S2. The first-order valence-electron chi connectivity index (χ1n) is 8.78. The molecule has 0 bridgehead atoms. The van der Waals surface area contributed by atoms with E-state index in [1.54, 1.807) is 29.7 Å². The zero-order valence-corrected chi connectivity index (χ0v) is 16.1. The molecule has 2 atom stereocenters. The predicted molar refractivity (Wildman–Crippen MR) is 103 cm³/mol. The van der Waals surface area contributed by atoms with Crippen molar-refractivity contribution in [1.29, 1.82) is 0 Å². The number of fused-ring (bicyclic) bond motifs is 3. The number of aromatic nitrogens is 1. The number of carbonyl (C=O) groups is 2. The molecule has 3 aromatic rings. The summed E-state index contributed by atoms with van der Waals surface area (Å²) in [6.45, 7) is 3.91. The van der Waals surface area contributed by atoms with Gasteiger partial charge in [0, 0.05) is 18.3 Å². The average Bonchev–Trinajstić information content (AvgIpc) is 3.16. The zero-order valence-electron chi connectivity index (χ0n) is 15.3. The minimum atomic E-state index is -1.02. The number of ketones is 1. The van der Waals surface area contributed by atoms with E-state index in [0.29, 0.717) is 27.2 Å². The van der Waals surface area contributed by atoms with Gasteiger partial charge in [0.2, 0.25) is 0 Å². The summed E-state index contributed by atoms with van der Waals surface area (Å²) >= 11 is 1.31. The highest BCUT2D eigenvalue weighted by Crippen LogP contribution is 2.50. The Morgan fingerprint density at radius 3 is 2.68 bits per heavy atom. The second-order valence-electron chi connectivity index (χ2n) is 6.52. The Morgan fingerprint density at radius 2 is 2.04 bits per heavy atom. The number of rotatable bonds is 4. The normalized spacial score (nSPS) is 17.0. The van der Waals surface area contributed by atoms with Gasteiger partial charge in [0.15, 0.2) is 11.5 Å². The fourth-order valence-electron chi connectivity index (χ4n) is 3.40.